The summed E-state index contributed by atoms with van der Waals surface area (Å²) in [5, 5.41) is 30.7. The molecule has 0 aromatic heterocycles. The summed E-state index contributed by atoms with van der Waals surface area (Å²) in [6, 6.07) is 21.0. The Kier molecular flexibility index (Phi) is 5.89. The molecule has 1 aliphatic carbocycles. The topological polar surface area (TPSA) is 116 Å². The van der Waals surface area contributed by atoms with Crippen molar-refractivity contribution in [2.45, 2.75) is 12.5 Å². The van der Waals surface area contributed by atoms with Crippen LogP contribution in [0.15, 0.2) is 71.5 Å². The third kappa shape index (κ3) is 3.39. The normalized spacial score (nSPS) is 21.4. The van der Waals surface area contributed by atoms with Gasteiger partial charge in [0.25, 0.3) is 0 Å². The van der Waals surface area contributed by atoms with Gasteiger partial charge in [-0.1, -0.05) is 54.1 Å². The SMILES string of the molecule is N#CC1=C(N)C(C#N)(C#N)[C@@H](c2ccccc2OCc2ccccc2Cl)[C@H]2COCC=C12. The van der Waals surface area contributed by atoms with E-state index in [0.717, 1.165) is 5.56 Å². The molecule has 0 unspecified atom stereocenters. The van der Waals surface area contributed by atoms with Crippen molar-refractivity contribution in [3.8, 4) is 24.0 Å². The number of para-hydroxylation sites is 1. The number of nitrogens with zero attached hydrogens (tertiary/aromatic N) is 3. The van der Waals surface area contributed by atoms with E-state index in [2.05, 4.69) is 18.2 Å². The average Bonchev–Trinajstić information content (AvgIpc) is 2.83. The van der Waals surface area contributed by atoms with Crippen molar-refractivity contribution < 1.29 is 9.47 Å². The van der Waals surface area contributed by atoms with Crippen LogP contribution < -0.4 is 10.5 Å². The van der Waals surface area contributed by atoms with Crippen molar-refractivity contribution in [1.29, 1.82) is 15.8 Å². The van der Waals surface area contributed by atoms with Crippen molar-refractivity contribution in [3.63, 3.8) is 0 Å². The zero-order valence-electron chi connectivity index (χ0n) is 17.1. The monoisotopic (exact) mass is 442 g/mol. The van der Waals surface area contributed by atoms with E-state index >= 15 is 0 Å². The zero-order chi connectivity index (χ0) is 22.7. The second kappa shape index (κ2) is 8.77. The van der Waals surface area contributed by atoms with Gasteiger partial charge in [-0.3, -0.25) is 0 Å². The number of hydrogen-bond donors (Lipinski definition) is 1. The van der Waals surface area contributed by atoms with E-state index in [9.17, 15) is 15.8 Å². The lowest BCUT2D eigenvalue weighted by molar-refractivity contribution is 0.0970. The summed E-state index contributed by atoms with van der Waals surface area (Å²) in [5.74, 6) is -0.552. The third-order valence-corrected chi connectivity index (χ3v) is 6.40. The van der Waals surface area contributed by atoms with Crippen molar-refractivity contribution in [3.05, 3.63) is 87.6 Å². The summed E-state index contributed by atoms with van der Waals surface area (Å²) in [5.41, 5.74) is 6.93. The zero-order valence-corrected chi connectivity index (χ0v) is 17.8. The Morgan fingerprint density at radius 3 is 2.53 bits per heavy atom. The van der Waals surface area contributed by atoms with Crippen LogP contribution in [-0.2, 0) is 11.3 Å². The van der Waals surface area contributed by atoms with Gasteiger partial charge < -0.3 is 15.2 Å². The van der Waals surface area contributed by atoms with Gasteiger partial charge in [0, 0.05) is 28.0 Å². The first-order valence-electron chi connectivity index (χ1n) is 10.0. The molecule has 0 saturated heterocycles. The smallest absolute Gasteiger partial charge is 0.191 e. The molecule has 0 bridgehead atoms. The molecule has 2 aromatic rings. The van der Waals surface area contributed by atoms with Gasteiger partial charge in [-0.25, -0.2) is 0 Å². The second-order valence-electron chi connectivity index (χ2n) is 7.63. The summed E-state index contributed by atoms with van der Waals surface area (Å²) in [6.07, 6.45) is 1.80. The molecule has 0 spiro atoms. The minimum absolute atomic E-state index is 0.0275. The maximum absolute atomic E-state index is 10.2. The fraction of sp³-hybridized carbons (Fsp3) is 0.240. The van der Waals surface area contributed by atoms with Crippen LogP contribution in [0.3, 0.4) is 0 Å². The highest BCUT2D eigenvalue weighted by molar-refractivity contribution is 6.31. The minimum atomic E-state index is -1.74. The maximum Gasteiger partial charge on any atom is 0.191 e. The van der Waals surface area contributed by atoms with Gasteiger partial charge in [0.1, 0.15) is 18.4 Å². The summed E-state index contributed by atoms with van der Waals surface area (Å²) in [6.45, 7) is 0.820. The van der Waals surface area contributed by atoms with Crippen LogP contribution in [0, 0.1) is 45.3 Å². The number of allylic oxidation sites excluding steroid dienone is 2. The number of nitriles is 3. The average molecular weight is 443 g/mol. The molecule has 1 aliphatic heterocycles. The van der Waals surface area contributed by atoms with Gasteiger partial charge >= 0.3 is 0 Å². The number of ether oxygens (including phenoxy) is 2. The highest BCUT2D eigenvalue weighted by atomic mass is 35.5. The predicted octanol–water partition coefficient (Wildman–Crippen LogP) is 4.36. The molecule has 2 aromatic carbocycles. The highest BCUT2D eigenvalue weighted by Gasteiger charge is 2.54. The Hall–Kier alpha value is -3.76. The molecular weight excluding hydrogens is 424 g/mol. The Bertz CT molecular complexity index is 1230. The summed E-state index contributed by atoms with van der Waals surface area (Å²) >= 11 is 6.27. The molecule has 7 heteroatoms. The van der Waals surface area contributed by atoms with Crippen LogP contribution in [-0.4, -0.2) is 13.2 Å². The molecular formula is C25H19ClN4O2. The van der Waals surface area contributed by atoms with E-state index in [0.29, 0.717) is 28.5 Å². The van der Waals surface area contributed by atoms with E-state index in [-0.39, 0.29) is 24.5 Å². The van der Waals surface area contributed by atoms with Crippen molar-refractivity contribution in [2.24, 2.45) is 17.1 Å². The maximum atomic E-state index is 10.2. The number of halogens is 1. The predicted molar refractivity (Wildman–Crippen MR) is 118 cm³/mol. The second-order valence-corrected chi connectivity index (χ2v) is 8.04. The number of fused-ring (bicyclic) bond motifs is 1. The van der Waals surface area contributed by atoms with Crippen LogP contribution in [0.5, 0.6) is 5.75 Å². The summed E-state index contributed by atoms with van der Waals surface area (Å²) < 4.78 is 11.8. The standard InChI is InChI=1S/C25H19ClN4O2/c26-21-7-3-1-5-16(21)12-32-22-8-4-2-6-18(22)23-20-13-31-10-9-17(20)19(11-27)24(30)25(23,14-28)15-29/h1-9,20,23H,10,12-13,30H2/t20-,23-/m0/s1. The minimum Gasteiger partial charge on any atom is -0.489 e. The third-order valence-electron chi connectivity index (χ3n) is 6.03. The lowest BCUT2D eigenvalue weighted by atomic mass is 9.58. The first kappa shape index (κ1) is 21.5. The molecule has 2 aliphatic rings. The van der Waals surface area contributed by atoms with Crippen LogP contribution in [0.4, 0.5) is 0 Å². The van der Waals surface area contributed by atoms with Gasteiger partial charge in [-0.15, -0.1) is 0 Å². The van der Waals surface area contributed by atoms with Crippen molar-refractivity contribution in [1.82, 2.24) is 0 Å². The Balaban J connectivity index is 1.84. The molecule has 2 N–H and O–H groups in total. The van der Waals surface area contributed by atoms with Crippen LogP contribution in [0.1, 0.15) is 17.0 Å². The fourth-order valence-electron chi connectivity index (χ4n) is 4.47. The van der Waals surface area contributed by atoms with E-state index in [1.54, 1.807) is 18.2 Å². The lowest BCUT2D eigenvalue weighted by Gasteiger charge is -2.43. The fourth-order valence-corrected chi connectivity index (χ4v) is 4.66. The summed E-state index contributed by atoms with van der Waals surface area (Å²) in [4.78, 5) is 0. The molecule has 0 amide bonds. The first-order chi connectivity index (χ1) is 15.6. The van der Waals surface area contributed by atoms with Crippen LogP contribution in [0.2, 0.25) is 5.02 Å². The molecule has 0 radical (unpaired) electrons. The summed E-state index contributed by atoms with van der Waals surface area (Å²) in [7, 11) is 0. The molecule has 0 saturated carbocycles. The number of hydrogen-bond acceptors (Lipinski definition) is 6. The van der Waals surface area contributed by atoms with E-state index in [1.807, 2.05) is 36.4 Å². The van der Waals surface area contributed by atoms with Crippen molar-refractivity contribution >= 4 is 11.6 Å². The van der Waals surface area contributed by atoms with E-state index in [1.165, 1.54) is 0 Å². The Morgan fingerprint density at radius 2 is 1.81 bits per heavy atom. The largest absolute Gasteiger partial charge is 0.489 e. The lowest BCUT2D eigenvalue weighted by Crippen LogP contribution is -2.44. The van der Waals surface area contributed by atoms with Gasteiger partial charge in [0.05, 0.1) is 36.6 Å². The Labute approximate surface area is 191 Å². The molecule has 158 valence electrons. The van der Waals surface area contributed by atoms with Gasteiger partial charge in [0.2, 0.25) is 0 Å². The molecule has 32 heavy (non-hydrogen) atoms. The van der Waals surface area contributed by atoms with Gasteiger partial charge in [0.15, 0.2) is 5.41 Å². The molecule has 6 nitrogen and oxygen atoms in total. The van der Waals surface area contributed by atoms with E-state index in [4.69, 9.17) is 26.8 Å². The van der Waals surface area contributed by atoms with Gasteiger partial charge in [-0.05, 0) is 17.7 Å². The Morgan fingerprint density at radius 1 is 1.09 bits per heavy atom. The molecule has 4 rings (SSSR count). The van der Waals surface area contributed by atoms with Gasteiger partial charge in [-0.2, -0.15) is 15.8 Å². The first-order valence-corrected chi connectivity index (χ1v) is 10.4. The molecule has 1 heterocycles. The van der Waals surface area contributed by atoms with Crippen molar-refractivity contribution in [2.75, 3.05) is 13.2 Å². The quantitative estimate of drug-likeness (QED) is 0.751. The molecule has 2 atom stereocenters. The molecule has 0 fully saturated rings. The number of rotatable bonds is 4. The van der Waals surface area contributed by atoms with Crippen LogP contribution in [0.25, 0.3) is 0 Å². The van der Waals surface area contributed by atoms with E-state index < -0.39 is 17.3 Å². The van der Waals surface area contributed by atoms with Crippen LogP contribution >= 0.6 is 11.6 Å². The number of nitrogens with two attached hydrogens (primary N) is 1. The number of benzene rings is 2. The highest BCUT2D eigenvalue weighted by Crippen LogP contribution is 2.55.